The summed E-state index contributed by atoms with van der Waals surface area (Å²) in [5.74, 6) is -1.58. The third kappa shape index (κ3) is 5.91. The molecule has 2 aromatic carbocycles. The zero-order valence-corrected chi connectivity index (χ0v) is 17.1. The van der Waals surface area contributed by atoms with Crippen LogP contribution in [0.3, 0.4) is 0 Å². The SMILES string of the molecule is CB(O)[C@H](CC(C)C)NC(=O)[C@@H](CC(=O)c1ccc2ccccc2c1)[C@@H](C)O. The summed E-state index contributed by atoms with van der Waals surface area (Å²) in [7, 11) is 0. The zero-order chi connectivity index (χ0) is 20.8. The number of rotatable bonds is 9. The highest BCUT2D eigenvalue weighted by atomic mass is 16.3. The molecule has 0 saturated carbocycles. The minimum atomic E-state index is -0.974. The number of nitrogens with one attached hydrogen (secondary N) is 1. The van der Waals surface area contributed by atoms with Crippen LogP contribution in [0.4, 0.5) is 0 Å². The van der Waals surface area contributed by atoms with Crippen LogP contribution in [0.25, 0.3) is 10.8 Å². The van der Waals surface area contributed by atoms with Gasteiger partial charge in [0.25, 0.3) is 0 Å². The Labute approximate surface area is 167 Å². The van der Waals surface area contributed by atoms with Gasteiger partial charge in [0.05, 0.1) is 12.0 Å². The average molecular weight is 383 g/mol. The van der Waals surface area contributed by atoms with Crippen LogP contribution in [0.2, 0.25) is 6.82 Å². The lowest BCUT2D eigenvalue weighted by atomic mass is 9.61. The average Bonchev–Trinajstić information content (AvgIpc) is 2.64. The molecule has 0 bridgehead atoms. The van der Waals surface area contributed by atoms with Crippen molar-refractivity contribution in [3.8, 4) is 0 Å². The predicted octanol–water partition coefficient (Wildman–Crippen LogP) is 3.09. The highest BCUT2D eigenvalue weighted by molar-refractivity contribution is 6.51. The van der Waals surface area contributed by atoms with E-state index in [0.29, 0.717) is 17.9 Å². The third-order valence-corrected chi connectivity index (χ3v) is 5.03. The molecule has 3 N–H and O–H groups in total. The van der Waals surface area contributed by atoms with Crippen molar-refractivity contribution in [1.29, 1.82) is 0 Å². The van der Waals surface area contributed by atoms with Gasteiger partial charge in [0, 0.05) is 17.9 Å². The van der Waals surface area contributed by atoms with Gasteiger partial charge in [-0.1, -0.05) is 57.1 Å². The molecule has 2 aromatic rings. The Hall–Kier alpha value is -2.18. The number of aliphatic hydroxyl groups is 1. The second kappa shape index (κ2) is 9.85. The summed E-state index contributed by atoms with van der Waals surface area (Å²) in [5, 5.41) is 24.9. The third-order valence-electron chi connectivity index (χ3n) is 5.03. The highest BCUT2D eigenvalue weighted by Gasteiger charge is 2.31. The van der Waals surface area contributed by atoms with Gasteiger partial charge in [0.15, 0.2) is 5.78 Å². The zero-order valence-electron chi connectivity index (χ0n) is 17.1. The molecule has 3 atom stereocenters. The summed E-state index contributed by atoms with van der Waals surface area (Å²) in [5.41, 5.74) is 0.520. The number of hydrogen-bond acceptors (Lipinski definition) is 4. The summed E-state index contributed by atoms with van der Waals surface area (Å²) in [4.78, 5) is 25.5. The Balaban J connectivity index is 2.13. The van der Waals surface area contributed by atoms with Crippen LogP contribution in [0.15, 0.2) is 42.5 Å². The van der Waals surface area contributed by atoms with Crippen molar-refractivity contribution in [1.82, 2.24) is 5.32 Å². The van der Waals surface area contributed by atoms with Gasteiger partial charge >= 0.3 is 6.92 Å². The van der Waals surface area contributed by atoms with Gasteiger partial charge < -0.3 is 15.4 Å². The lowest BCUT2D eigenvalue weighted by Gasteiger charge is -2.25. The lowest BCUT2D eigenvalue weighted by molar-refractivity contribution is -0.128. The van der Waals surface area contributed by atoms with Gasteiger partial charge in [0.2, 0.25) is 5.91 Å². The van der Waals surface area contributed by atoms with Crippen LogP contribution in [0.1, 0.15) is 44.0 Å². The minimum Gasteiger partial charge on any atom is -0.449 e. The van der Waals surface area contributed by atoms with E-state index >= 15 is 0 Å². The molecule has 150 valence electrons. The Morgan fingerprint density at radius 1 is 1.07 bits per heavy atom. The number of carbonyl (C=O) groups is 2. The Kier molecular flexibility index (Phi) is 7.78. The van der Waals surface area contributed by atoms with E-state index in [0.717, 1.165) is 10.8 Å². The molecule has 0 heterocycles. The van der Waals surface area contributed by atoms with Gasteiger partial charge in [-0.3, -0.25) is 9.59 Å². The van der Waals surface area contributed by atoms with Crippen molar-refractivity contribution >= 4 is 29.4 Å². The van der Waals surface area contributed by atoms with E-state index in [1.165, 1.54) is 6.92 Å². The smallest absolute Gasteiger partial charge is 0.308 e. The van der Waals surface area contributed by atoms with E-state index in [2.05, 4.69) is 5.32 Å². The molecule has 0 aliphatic carbocycles. The Morgan fingerprint density at radius 3 is 2.29 bits per heavy atom. The van der Waals surface area contributed by atoms with Crippen molar-refractivity contribution in [2.45, 2.75) is 52.5 Å². The van der Waals surface area contributed by atoms with Crippen LogP contribution in [-0.4, -0.2) is 40.8 Å². The maximum Gasteiger partial charge on any atom is 0.308 e. The molecule has 28 heavy (non-hydrogen) atoms. The molecule has 6 heteroatoms. The molecule has 0 spiro atoms. The largest absolute Gasteiger partial charge is 0.449 e. The molecule has 0 radical (unpaired) electrons. The van der Waals surface area contributed by atoms with E-state index in [1.54, 1.807) is 12.9 Å². The van der Waals surface area contributed by atoms with Crippen LogP contribution in [0, 0.1) is 11.8 Å². The van der Waals surface area contributed by atoms with Gasteiger partial charge in [-0.2, -0.15) is 0 Å². The van der Waals surface area contributed by atoms with Gasteiger partial charge in [-0.05, 0) is 36.1 Å². The molecule has 0 fully saturated rings. The number of carbonyl (C=O) groups excluding carboxylic acids is 2. The number of ketones is 1. The van der Waals surface area contributed by atoms with E-state index in [9.17, 15) is 19.7 Å². The second-order valence-electron chi connectivity index (χ2n) is 8.02. The maximum atomic E-state index is 12.8. The van der Waals surface area contributed by atoms with E-state index in [-0.39, 0.29) is 12.2 Å². The van der Waals surface area contributed by atoms with E-state index < -0.39 is 30.8 Å². The molecule has 5 nitrogen and oxygen atoms in total. The van der Waals surface area contributed by atoms with Crippen LogP contribution >= 0.6 is 0 Å². The number of fused-ring (bicyclic) bond motifs is 1. The number of Topliss-reactive ketones (excluding diaryl/α,β-unsaturated/α-hetero) is 1. The number of benzene rings is 2. The number of aliphatic hydroxyl groups excluding tert-OH is 1. The quantitative estimate of drug-likeness (QED) is 0.459. The normalized spacial score (nSPS) is 14.5. The van der Waals surface area contributed by atoms with Gasteiger partial charge in [-0.25, -0.2) is 0 Å². The Morgan fingerprint density at radius 2 is 1.71 bits per heavy atom. The topological polar surface area (TPSA) is 86.6 Å². The van der Waals surface area contributed by atoms with Gasteiger partial charge in [-0.15, -0.1) is 0 Å². The van der Waals surface area contributed by atoms with Crippen molar-refractivity contribution in [2.24, 2.45) is 11.8 Å². The molecule has 0 saturated heterocycles. The summed E-state index contributed by atoms with van der Waals surface area (Å²) in [6.07, 6.45) is -0.442. The fraction of sp³-hybridized carbons (Fsp3) is 0.455. The molecule has 0 aliphatic heterocycles. The predicted molar refractivity (Wildman–Crippen MR) is 113 cm³/mol. The maximum absolute atomic E-state index is 12.8. The first-order chi connectivity index (χ1) is 13.2. The standard InChI is InChI=1S/C22H30BNO4/c1-14(2)11-21(23(4)28)24-22(27)19(15(3)25)13-20(26)18-10-9-16-7-5-6-8-17(16)12-18/h5-10,12,14-15,19,21,25,28H,11,13H2,1-4H3,(H,24,27)/t15-,19+,21+/m1/s1. The summed E-state index contributed by atoms with van der Waals surface area (Å²) in [6, 6.07) is 13.2. The minimum absolute atomic E-state index is 0.0873. The first kappa shape index (κ1) is 22.1. The van der Waals surface area contributed by atoms with Crippen molar-refractivity contribution < 1.29 is 19.7 Å². The van der Waals surface area contributed by atoms with Crippen LogP contribution < -0.4 is 5.32 Å². The molecule has 1 amide bonds. The number of amides is 1. The summed E-state index contributed by atoms with van der Waals surface area (Å²) < 4.78 is 0. The Bertz CT molecular complexity index is 819. The molecule has 0 aliphatic rings. The summed E-state index contributed by atoms with van der Waals surface area (Å²) in [6.45, 7) is 6.45. The van der Waals surface area contributed by atoms with Crippen LogP contribution in [0.5, 0.6) is 0 Å². The van der Waals surface area contributed by atoms with Crippen LogP contribution in [-0.2, 0) is 4.79 Å². The molecule has 0 unspecified atom stereocenters. The first-order valence-electron chi connectivity index (χ1n) is 9.87. The first-order valence-corrected chi connectivity index (χ1v) is 9.87. The lowest BCUT2D eigenvalue weighted by Crippen LogP contribution is -2.49. The van der Waals surface area contributed by atoms with E-state index in [4.69, 9.17) is 0 Å². The van der Waals surface area contributed by atoms with E-state index in [1.807, 2.05) is 50.2 Å². The second-order valence-corrected chi connectivity index (χ2v) is 8.02. The molecular weight excluding hydrogens is 353 g/mol. The molecule has 0 aromatic heterocycles. The number of hydrogen-bond donors (Lipinski definition) is 3. The highest BCUT2D eigenvalue weighted by Crippen LogP contribution is 2.20. The van der Waals surface area contributed by atoms with Crippen molar-refractivity contribution in [2.75, 3.05) is 0 Å². The molecule has 2 rings (SSSR count). The molecular formula is C22H30BNO4. The van der Waals surface area contributed by atoms with Gasteiger partial charge in [0.1, 0.15) is 0 Å². The summed E-state index contributed by atoms with van der Waals surface area (Å²) >= 11 is 0. The van der Waals surface area contributed by atoms with Crippen molar-refractivity contribution in [3.63, 3.8) is 0 Å². The van der Waals surface area contributed by atoms with Crippen molar-refractivity contribution in [3.05, 3.63) is 48.0 Å². The fourth-order valence-corrected chi connectivity index (χ4v) is 3.34. The fourth-order valence-electron chi connectivity index (χ4n) is 3.34. The monoisotopic (exact) mass is 383 g/mol.